The van der Waals surface area contributed by atoms with Crippen molar-refractivity contribution in [1.29, 1.82) is 0 Å². The molecule has 0 saturated heterocycles. The fourth-order valence-corrected chi connectivity index (χ4v) is 1.85. The van der Waals surface area contributed by atoms with Gasteiger partial charge in [0.05, 0.1) is 6.61 Å². The van der Waals surface area contributed by atoms with Gasteiger partial charge >= 0.3 is 5.97 Å². The van der Waals surface area contributed by atoms with E-state index in [9.17, 15) is 4.79 Å². The molecule has 0 fully saturated rings. The van der Waals surface area contributed by atoms with E-state index in [1.54, 1.807) is 0 Å². The third-order valence-corrected chi connectivity index (χ3v) is 2.98. The van der Waals surface area contributed by atoms with Crippen LogP contribution in [-0.4, -0.2) is 17.7 Å². The van der Waals surface area contributed by atoms with Crippen LogP contribution in [0, 0.1) is 0 Å². The smallest absolute Gasteiger partial charge is 0.303 e. The van der Waals surface area contributed by atoms with Gasteiger partial charge in [-0.1, -0.05) is 22.9 Å². The number of benzene rings is 1. The monoisotopic (exact) mass is 286 g/mol. The minimum atomic E-state index is -0.784. The second-order valence-electron chi connectivity index (χ2n) is 3.45. The van der Waals surface area contributed by atoms with Crippen molar-refractivity contribution in [3.63, 3.8) is 0 Å². The number of hydrogen-bond donors (Lipinski definition) is 1. The zero-order chi connectivity index (χ0) is 12.0. The number of carboxylic acid groups (broad SMARTS) is 1. The Morgan fingerprint density at radius 1 is 1.50 bits per heavy atom. The molecule has 0 unspecified atom stereocenters. The standard InChI is InChI=1S/C12H15BrO3/c1-2-9-8-10(5-6-11(9)13)16-7-3-4-12(14)15/h5-6,8H,2-4,7H2,1H3,(H,14,15). The molecule has 1 aromatic carbocycles. The molecule has 1 N–H and O–H groups in total. The van der Waals surface area contributed by atoms with Crippen molar-refractivity contribution < 1.29 is 14.6 Å². The number of halogens is 1. The average Bonchev–Trinajstić information content (AvgIpc) is 2.26. The summed E-state index contributed by atoms with van der Waals surface area (Å²) in [6.07, 6.45) is 1.62. The van der Waals surface area contributed by atoms with Gasteiger partial charge in [-0.05, 0) is 36.6 Å². The Kier molecular flexibility index (Phi) is 5.32. The summed E-state index contributed by atoms with van der Waals surface area (Å²) in [5, 5.41) is 8.47. The molecule has 88 valence electrons. The molecule has 0 saturated carbocycles. The summed E-state index contributed by atoms with van der Waals surface area (Å²) < 4.78 is 6.55. The number of carbonyl (C=O) groups is 1. The molecule has 0 bridgehead atoms. The molecule has 4 heteroatoms. The predicted molar refractivity (Wildman–Crippen MR) is 65.9 cm³/mol. The van der Waals surface area contributed by atoms with E-state index < -0.39 is 5.97 Å². The zero-order valence-corrected chi connectivity index (χ0v) is 10.8. The highest BCUT2D eigenvalue weighted by atomic mass is 79.9. The van der Waals surface area contributed by atoms with Gasteiger partial charge in [0.2, 0.25) is 0 Å². The van der Waals surface area contributed by atoms with Crippen molar-refractivity contribution in [1.82, 2.24) is 0 Å². The number of aryl methyl sites for hydroxylation is 1. The van der Waals surface area contributed by atoms with E-state index in [1.807, 2.05) is 18.2 Å². The van der Waals surface area contributed by atoms with Gasteiger partial charge in [-0.2, -0.15) is 0 Å². The third-order valence-electron chi connectivity index (χ3n) is 2.20. The van der Waals surface area contributed by atoms with Crippen LogP contribution >= 0.6 is 15.9 Å². The second-order valence-corrected chi connectivity index (χ2v) is 4.31. The van der Waals surface area contributed by atoms with Crippen LogP contribution in [0.15, 0.2) is 22.7 Å². The normalized spacial score (nSPS) is 10.1. The van der Waals surface area contributed by atoms with Crippen molar-refractivity contribution in [2.24, 2.45) is 0 Å². The number of aliphatic carboxylic acids is 1. The molecular weight excluding hydrogens is 272 g/mol. The van der Waals surface area contributed by atoms with Gasteiger partial charge in [-0.3, -0.25) is 4.79 Å². The second kappa shape index (κ2) is 6.53. The molecule has 0 amide bonds. The largest absolute Gasteiger partial charge is 0.494 e. The van der Waals surface area contributed by atoms with Crippen molar-refractivity contribution in [3.05, 3.63) is 28.2 Å². The Labute approximate surface area is 104 Å². The summed E-state index contributed by atoms with van der Waals surface area (Å²) in [4.78, 5) is 10.3. The minimum absolute atomic E-state index is 0.150. The Morgan fingerprint density at radius 3 is 2.88 bits per heavy atom. The van der Waals surface area contributed by atoms with E-state index in [4.69, 9.17) is 9.84 Å². The van der Waals surface area contributed by atoms with Crippen molar-refractivity contribution >= 4 is 21.9 Å². The predicted octanol–water partition coefficient (Wildman–Crippen LogP) is 3.26. The van der Waals surface area contributed by atoms with Gasteiger partial charge in [-0.15, -0.1) is 0 Å². The number of hydrogen-bond acceptors (Lipinski definition) is 2. The van der Waals surface area contributed by atoms with Crippen LogP contribution in [-0.2, 0) is 11.2 Å². The summed E-state index contributed by atoms with van der Waals surface area (Å²) in [5.74, 6) is 0.0130. The quantitative estimate of drug-likeness (QED) is 0.817. The van der Waals surface area contributed by atoms with E-state index in [0.29, 0.717) is 13.0 Å². The van der Waals surface area contributed by atoms with E-state index in [-0.39, 0.29) is 6.42 Å². The summed E-state index contributed by atoms with van der Waals surface area (Å²) in [6.45, 7) is 2.52. The van der Waals surface area contributed by atoms with E-state index in [0.717, 1.165) is 16.6 Å². The van der Waals surface area contributed by atoms with E-state index in [2.05, 4.69) is 22.9 Å². The summed E-state index contributed by atoms with van der Waals surface area (Å²) in [6, 6.07) is 5.81. The lowest BCUT2D eigenvalue weighted by atomic mass is 10.2. The Morgan fingerprint density at radius 2 is 2.25 bits per heavy atom. The van der Waals surface area contributed by atoms with Crippen LogP contribution in [0.3, 0.4) is 0 Å². The fourth-order valence-electron chi connectivity index (χ4n) is 1.33. The molecule has 0 aliphatic carbocycles. The lowest BCUT2D eigenvalue weighted by Gasteiger charge is -2.08. The van der Waals surface area contributed by atoms with Crippen LogP contribution in [0.2, 0.25) is 0 Å². The number of ether oxygens (including phenoxy) is 1. The first kappa shape index (κ1) is 13.0. The third kappa shape index (κ3) is 4.23. The molecule has 0 aromatic heterocycles. The number of rotatable bonds is 6. The first-order valence-electron chi connectivity index (χ1n) is 5.26. The van der Waals surface area contributed by atoms with Crippen LogP contribution in [0.25, 0.3) is 0 Å². The molecule has 16 heavy (non-hydrogen) atoms. The molecule has 1 aromatic rings. The summed E-state index contributed by atoms with van der Waals surface area (Å²) in [5.41, 5.74) is 1.19. The Bertz CT molecular complexity index is 363. The van der Waals surface area contributed by atoms with E-state index >= 15 is 0 Å². The van der Waals surface area contributed by atoms with Crippen LogP contribution in [0.1, 0.15) is 25.3 Å². The average molecular weight is 287 g/mol. The molecular formula is C12H15BrO3. The zero-order valence-electron chi connectivity index (χ0n) is 9.20. The Hall–Kier alpha value is -1.03. The lowest BCUT2D eigenvalue weighted by molar-refractivity contribution is -0.137. The van der Waals surface area contributed by atoms with Crippen LogP contribution in [0.4, 0.5) is 0 Å². The highest BCUT2D eigenvalue weighted by Crippen LogP contribution is 2.23. The molecule has 0 atom stereocenters. The maximum atomic E-state index is 10.3. The van der Waals surface area contributed by atoms with Gasteiger partial charge in [0.1, 0.15) is 5.75 Å². The molecule has 0 spiro atoms. The maximum Gasteiger partial charge on any atom is 0.303 e. The minimum Gasteiger partial charge on any atom is -0.494 e. The van der Waals surface area contributed by atoms with Crippen molar-refractivity contribution in [2.45, 2.75) is 26.2 Å². The molecule has 0 aliphatic heterocycles. The number of carboxylic acids is 1. The molecule has 0 radical (unpaired) electrons. The molecule has 3 nitrogen and oxygen atoms in total. The van der Waals surface area contributed by atoms with Crippen molar-refractivity contribution in [3.8, 4) is 5.75 Å². The van der Waals surface area contributed by atoms with Gasteiger partial charge in [0.25, 0.3) is 0 Å². The fraction of sp³-hybridized carbons (Fsp3) is 0.417. The summed E-state index contributed by atoms with van der Waals surface area (Å²) in [7, 11) is 0. The molecule has 0 heterocycles. The van der Waals surface area contributed by atoms with Crippen LogP contribution in [0.5, 0.6) is 5.75 Å². The van der Waals surface area contributed by atoms with Crippen LogP contribution < -0.4 is 4.74 Å². The maximum absolute atomic E-state index is 10.3. The topological polar surface area (TPSA) is 46.5 Å². The lowest BCUT2D eigenvalue weighted by Crippen LogP contribution is -2.02. The van der Waals surface area contributed by atoms with Gasteiger partial charge in [0, 0.05) is 10.9 Å². The first-order valence-corrected chi connectivity index (χ1v) is 6.05. The van der Waals surface area contributed by atoms with Gasteiger partial charge in [-0.25, -0.2) is 0 Å². The molecule has 1 rings (SSSR count). The summed E-state index contributed by atoms with van der Waals surface area (Å²) >= 11 is 3.46. The van der Waals surface area contributed by atoms with Gasteiger partial charge < -0.3 is 9.84 Å². The first-order chi connectivity index (χ1) is 7.63. The highest BCUT2D eigenvalue weighted by molar-refractivity contribution is 9.10. The van der Waals surface area contributed by atoms with Gasteiger partial charge in [0.15, 0.2) is 0 Å². The Balaban J connectivity index is 2.45. The molecule has 0 aliphatic rings. The highest BCUT2D eigenvalue weighted by Gasteiger charge is 2.01. The van der Waals surface area contributed by atoms with E-state index in [1.165, 1.54) is 5.56 Å². The van der Waals surface area contributed by atoms with Crippen molar-refractivity contribution in [2.75, 3.05) is 6.61 Å². The SMILES string of the molecule is CCc1cc(OCCCC(=O)O)ccc1Br.